The maximum atomic E-state index is 12.4. The SMILES string of the molecule is CC(Sc1nnnn1Cc1ccccc1)C(=O)Nc1cccc(Cl)c1. The first-order valence-electron chi connectivity index (χ1n) is 7.65. The molecule has 0 spiro atoms. The van der Waals surface area contributed by atoms with Crippen molar-refractivity contribution in [3.8, 4) is 0 Å². The van der Waals surface area contributed by atoms with E-state index in [4.69, 9.17) is 11.6 Å². The highest BCUT2D eigenvalue weighted by Crippen LogP contribution is 2.23. The molecule has 0 aliphatic carbocycles. The number of tetrazole rings is 1. The molecule has 128 valence electrons. The molecule has 8 heteroatoms. The summed E-state index contributed by atoms with van der Waals surface area (Å²) >= 11 is 7.24. The second kappa shape index (κ2) is 8.13. The van der Waals surface area contributed by atoms with E-state index in [1.54, 1.807) is 28.9 Å². The van der Waals surface area contributed by atoms with Gasteiger partial charge in [-0.15, -0.1) is 5.10 Å². The van der Waals surface area contributed by atoms with Gasteiger partial charge in [-0.2, -0.15) is 0 Å². The van der Waals surface area contributed by atoms with Crippen molar-refractivity contribution in [3.05, 3.63) is 65.2 Å². The smallest absolute Gasteiger partial charge is 0.237 e. The highest BCUT2D eigenvalue weighted by Gasteiger charge is 2.19. The summed E-state index contributed by atoms with van der Waals surface area (Å²) < 4.78 is 1.68. The molecule has 1 aromatic heterocycles. The van der Waals surface area contributed by atoms with Crippen molar-refractivity contribution in [1.29, 1.82) is 0 Å². The van der Waals surface area contributed by atoms with E-state index < -0.39 is 0 Å². The van der Waals surface area contributed by atoms with Crippen LogP contribution in [0, 0.1) is 0 Å². The van der Waals surface area contributed by atoms with Crippen LogP contribution in [-0.4, -0.2) is 31.4 Å². The molecule has 1 unspecified atom stereocenters. The lowest BCUT2D eigenvalue weighted by Crippen LogP contribution is -2.23. The van der Waals surface area contributed by atoms with Crippen molar-refractivity contribution in [2.75, 3.05) is 5.32 Å². The van der Waals surface area contributed by atoms with E-state index in [0.717, 1.165) is 5.56 Å². The van der Waals surface area contributed by atoms with Gasteiger partial charge in [-0.25, -0.2) is 4.68 Å². The molecule has 1 heterocycles. The molecule has 2 aromatic carbocycles. The van der Waals surface area contributed by atoms with E-state index >= 15 is 0 Å². The van der Waals surface area contributed by atoms with Crippen molar-refractivity contribution in [3.63, 3.8) is 0 Å². The van der Waals surface area contributed by atoms with Crippen molar-refractivity contribution in [2.24, 2.45) is 0 Å². The number of hydrogen-bond donors (Lipinski definition) is 1. The van der Waals surface area contributed by atoms with Gasteiger partial charge in [0.25, 0.3) is 0 Å². The zero-order chi connectivity index (χ0) is 17.6. The Morgan fingerprint density at radius 2 is 2.04 bits per heavy atom. The van der Waals surface area contributed by atoms with E-state index in [1.807, 2.05) is 37.3 Å². The van der Waals surface area contributed by atoms with Crippen molar-refractivity contribution >= 4 is 35.0 Å². The van der Waals surface area contributed by atoms with E-state index in [1.165, 1.54) is 11.8 Å². The van der Waals surface area contributed by atoms with Gasteiger partial charge in [0, 0.05) is 10.7 Å². The van der Waals surface area contributed by atoms with Crippen LogP contribution in [-0.2, 0) is 11.3 Å². The van der Waals surface area contributed by atoms with Gasteiger partial charge >= 0.3 is 0 Å². The van der Waals surface area contributed by atoms with Crippen LogP contribution in [0.2, 0.25) is 5.02 Å². The minimum absolute atomic E-state index is 0.137. The molecule has 6 nitrogen and oxygen atoms in total. The van der Waals surface area contributed by atoms with Crippen molar-refractivity contribution < 1.29 is 4.79 Å². The molecular formula is C17H16ClN5OS. The van der Waals surface area contributed by atoms with Crippen molar-refractivity contribution in [1.82, 2.24) is 20.2 Å². The molecular weight excluding hydrogens is 358 g/mol. The summed E-state index contributed by atoms with van der Waals surface area (Å²) in [5.41, 5.74) is 1.75. The van der Waals surface area contributed by atoms with Crippen LogP contribution in [0.4, 0.5) is 5.69 Å². The molecule has 1 amide bonds. The number of carbonyl (C=O) groups is 1. The number of aromatic nitrogens is 4. The fourth-order valence-corrected chi connectivity index (χ4v) is 3.14. The van der Waals surface area contributed by atoms with E-state index in [9.17, 15) is 4.79 Å². The Bertz CT molecular complexity index is 855. The van der Waals surface area contributed by atoms with Gasteiger partial charge in [0.15, 0.2) is 0 Å². The van der Waals surface area contributed by atoms with E-state index in [0.29, 0.717) is 22.4 Å². The van der Waals surface area contributed by atoms with Gasteiger partial charge in [-0.05, 0) is 41.1 Å². The Labute approximate surface area is 154 Å². The summed E-state index contributed by atoms with van der Waals surface area (Å²) in [6.07, 6.45) is 0. The topological polar surface area (TPSA) is 72.7 Å². The third kappa shape index (κ3) is 4.80. The third-order valence-corrected chi connectivity index (χ3v) is 4.72. The zero-order valence-electron chi connectivity index (χ0n) is 13.5. The van der Waals surface area contributed by atoms with Gasteiger partial charge < -0.3 is 5.32 Å². The lowest BCUT2D eigenvalue weighted by molar-refractivity contribution is -0.115. The maximum Gasteiger partial charge on any atom is 0.237 e. The number of amides is 1. The fraction of sp³-hybridized carbons (Fsp3) is 0.176. The zero-order valence-corrected chi connectivity index (χ0v) is 15.0. The summed E-state index contributed by atoms with van der Waals surface area (Å²) in [7, 11) is 0. The molecule has 1 atom stereocenters. The number of nitrogens with one attached hydrogen (secondary N) is 1. The van der Waals surface area contributed by atoms with Crippen LogP contribution in [0.25, 0.3) is 0 Å². The maximum absolute atomic E-state index is 12.4. The van der Waals surface area contributed by atoms with Crippen molar-refractivity contribution in [2.45, 2.75) is 23.9 Å². The summed E-state index contributed by atoms with van der Waals surface area (Å²) in [4.78, 5) is 12.4. The summed E-state index contributed by atoms with van der Waals surface area (Å²) in [5.74, 6) is -0.137. The first-order chi connectivity index (χ1) is 12.1. The molecule has 3 rings (SSSR count). The van der Waals surface area contributed by atoms with Gasteiger partial charge in [0.1, 0.15) is 0 Å². The molecule has 25 heavy (non-hydrogen) atoms. The molecule has 0 radical (unpaired) electrons. The molecule has 0 saturated carbocycles. The fourth-order valence-electron chi connectivity index (χ4n) is 2.16. The molecule has 1 N–H and O–H groups in total. The Kier molecular flexibility index (Phi) is 5.67. The Hall–Kier alpha value is -2.38. The lowest BCUT2D eigenvalue weighted by Gasteiger charge is -2.12. The number of nitrogens with zero attached hydrogens (tertiary/aromatic N) is 4. The second-order valence-corrected chi connectivity index (χ2v) is 7.11. The highest BCUT2D eigenvalue weighted by molar-refractivity contribution is 8.00. The monoisotopic (exact) mass is 373 g/mol. The van der Waals surface area contributed by atoms with Gasteiger partial charge in [0.05, 0.1) is 11.8 Å². The Balaban J connectivity index is 1.64. The van der Waals surface area contributed by atoms with Gasteiger partial charge in [-0.3, -0.25) is 4.79 Å². The first-order valence-corrected chi connectivity index (χ1v) is 8.91. The molecule has 0 bridgehead atoms. The van der Waals surface area contributed by atoms with Crippen LogP contribution < -0.4 is 5.32 Å². The summed E-state index contributed by atoms with van der Waals surface area (Å²) in [6, 6.07) is 16.9. The summed E-state index contributed by atoms with van der Waals surface area (Å²) in [6.45, 7) is 2.37. The number of anilines is 1. The average molecular weight is 374 g/mol. The largest absolute Gasteiger partial charge is 0.325 e. The molecule has 0 aliphatic heterocycles. The number of thioether (sulfide) groups is 1. The number of benzene rings is 2. The molecule has 0 aliphatic rings. The second-order valence-electron chi connectivity index (χ2n) is 5.36. The lowest BCUT2D eigenvalue weighted by atomic mass is 10.2. The van der Waals surface area contributed by atoms with Crippen LogP contribution in [0.5, 0.6) is 0 Å². The number of carbonyl (C=O) groups excluding carboxylic acids is 1. The van der Waals surface area contributed by atoms with Crippen LogP contribution in [0.1, 0.15) is 12.5 Å². The number of halogens is 1. The van der Waals surface area contributed by atoms with E-state index in [-0.39, 0.29) is 11.2 Å². The average Bonchev–Trinajstić information content (AvgIpc) is 3.02. The predicted octanol–water partition coefficient (Wildman–Crippen LogP) is 3.49. The van der Waals surface area contributed by atoms with Crippen LogP contribution in [0.15, 0.2) is 59.8 Å². The Morgan fingerprint density at radius 1 is 1.24 bits per heavy atom. The quantitative estimate of drug-likeness (QED) is 0.669. The van der Waals surface area contributed by atoms with Gasteiger partial charge in [-0.1, -0.05) is 59.8 Å². The minimum atomic E-state index is -0.362. The Morgan fingerprint density at radius 3 is 2.80 bits per heavy atom. The number of hydrogen-bond acceptors (Lipinski definition) is 5. The standard InChI is InChI=1S/C17H16ClN5OS/c1-12(16(24)19-15-9-5-8-14(18)10-15)25-17-20-21-22-23(17)11-13-6-3-2-4-7-13/h2-10,12H,11H2,1H3,(H,19,24). The van der Waals surface area contributed by atoms with Gasteiger partial charge in [0.2, 0.25) is 11.1 Å². The predicted molar refractivity (Wildman–Crippen MR) is 98.8 cm³/mol. The molecule has 0 fully saturated rings. The minimum Gasteiger partial charge on any atom is -0.325 e. The molecule has 3 aromatic rings. The highest BCUT2D eigenvalue weighted by atomic mass is 35.5. The van der Waals surface area contributed by atoms with E-state index in [2.05, 4.69) is 20.8 Å². The normalized spacial score (nSPS) is 11.9. The van der Waals surface area contributed by atoms with Crippen LogP contribution >= 0.6 is 23.4 Å². The summed E-state index contributed by atoms with van der Waals surface area (Å²) in [5, 5.41) is 15.4. The number of rotatable bonds is 6. The molecule has 0 saturated heterocycles. The third-order valence-electron chi connectivity index (χ3n) is 3.42. The first kappa shape index (κ1) is 17.4. The van der Waals surface area contributed by atoms with Crippen LogP contribution in [0.3, 0.4) is 0 Å².